The molecule has 38 heavy (non-hydrogen) atoms. The van der Waals surface area contributed by atoms with E-state index in [1.54, 1.807) is 6.33 Å². The molecule has 2 saturated heterocycles. The molecule has 2 aliphatic heterocycles. The lowest BCUT2D eigenvalue weighted by Gasteiger charge is -2.36. The summed E-state index contributed by atoms with van der Waals surface area (Å²) in [6.45, 7) is 5.41. The number of hydrogen-bond donors (Lipinski definition) is 1. The molecule has 2 aliphatic rings. The summed E-state index contributed by atoms with van der Waals surface area (Å²) in [5.41, 5.74) is 5.66. The third-order valence-electron chi connectivity index (χ3n) is 7.43. The maximum Gasteiger partial charge on any atom is 0.275 e. The monoisotopic (exact) mass is 507 g/mol. The number of hydrogen-bond acceptors (Lipinski definition) is 5. The van der Waals surface area contributed by atoms with Crippen molar-refractivity contribution >= 4 is 11.6 Å². The lowest BCUT2D eigenvalue weighted by molar-refractivity contribution is 0.0631. The van der Waals surface area contributed by atoms with Crippen molar-refractivity contribution in [2.75, 3.05) is 50.8 Å². The van der Waals surface area contributed by atoms with Crippen LogP contribution in [-0.4, -0.2) is 72.3 Å². The molecule has 6 rings (SSSR count). The number of anilines is 1. The molecule has 1 N–H and O–H groups in total. The van der Waals surface area contributed by atoms with E-state index in [-0.39, 0.29) is 11.9 Å². The first-order valence-electron chi connectivity index (χ1n) is 13.4. The molecule has 3 heterocycles. The van der Waals surface area contributed by atoms with E-state index in [1.807, 2.05) is 29.2 Å². The molecule has 1 atom stereocenters. The standard InChI is InChI=1S/C31H33N5O2/c37-31(35-15-14-32-22-28(35)20-24-8-3-1-4-9-24)29-30(25-10-5-2-6-11-25)36(23-33-29)27-13-7-12-26(21-27)34-16-18-38-19-17-34/h1-13,21,23,28,32H,14-20,22H2/t28-/m1/s1. The molecule has 0 radical (unpaired) electrons. The van der Waals surface area contributed by atoms with Crippen molar-refractivity contribution in [3.8, 4) is 16.9 Å². The summed E-state index contributed by atoms with van der Waals surface area (Å²) in [5.74, 6) is -0.0191. The first kappa shape index (κ1) is 24.4. The van der Waals surface area contributed by atoms with Gasteiger partial charge in [-0.3, -0.25) is 9.36 Å². The summed E-state index contributed by atoms with van der Waals surface area (Å²) >= 11 is 0. The molecule has 1 amide bonds. The number of carbonyl (C=O) groups excluding carboxylic acids is 1. The first-order chi connectivity index (χ1) is 18.8. The Morgan fingerprint density at radius 3 is 2.42 bits per heavy atom. The minimum atomic E-state index is -0.0191. The van der Waals surface area contributed by atoms with Crippen LogP contribution in [0.15, 0.2) is 91.3 Å². The van der Waals surface area contributed by atoms with Crippen molar-refractivity contribution in [3.63, 3.8) is 0 Å². The fourth-order valence-corrected chi connectivity index (χ4v) is 5.47. The van der Waals surface area contributed by atoms with E-state index in [0.29, 0.717) is 12.2 Å². The van der Waals surface area contributed by atoms with Gasteiger partial charge in [0, 0.05) is 55.7 Å². The van der Waals surface area contributed by atoms with Gasteiger partial charge in [0.25, 0.3) is 5.91 Å². The van der Waals surface area contributed by atoms with Gasteiger partial charge in [-0.05, 0) is 30.2 Å². The Morgan fingerprint density at radius 1 is 0.895 bits per heavy atom. The number of ether oxygens (including phenoxy) is 1. The highest BCUT2D eigenvalue weighted by atomic mass is 16.5. The number of benzene rings is 3. The highest BCUT2D eigenvalue weighted by Gasteiger charge is 2.31. The zero-order valence-electron chi connectivity index (χ0n) is 21.5. The zero-order chi connectivity index (χ0) is 25.7. The quantitative estimate of drug-likeness (QED) is 0.427. The van der Waals surface area contributed by atoms with Gasteiger partial charge in [-0.2, -0.15) is 0 Å². The molecule has 0 spiro atoms. The van der Waals surface area contributed by atoms with Gasteiger partial charge < -0.3 is 19.9 Å². The van der Waals surface area contributed by atoms with Crippen molar-refractivity contribution in [1.29, 1.82) is 0 Å². The number of morpholine rings is 1. The number of aromatic nitrogens is 2. The van der Waals surface area contributed by atoms with Crippen LogP contribution in [0.4, 0.5) is 5.69 Å². The summed E-state index contributed by atoms with van der Waals surface area (Å²) in [5, 5.41) is 3.47. The van der Waals surface area contributed by atoms with E-state index in [0.717, 1.165) is 68.4 Å². The molecule has 0 bridgehead atoms. The summed E-state index contributed by atoms with van der Waals surface area (Å²) < 4.78 is 7.60. The molecule has 194 valence electrons. The van der Waals surface area contributed by atoms with Crippen LogP contribution in [0.5, 0.6) is 0 Å². The minimum absolute atomic E-state index is 0.0191. The van der Waals surface area contributed by atoms with E-state index in [4.69, 9.17) is 9.72 Å². The second-order valence-electron chi connectivity index (χ2n) is 9.84. The van der Waals surface area contributed by atoms with Crippen LogP contribution in [0.3, 0.4) is 0 Å². The van der Waals surface area contributed by atoms with Crippen molar-refractivity contribution in [1.82, 2.24) is 19.8 Å². The first-order valence-corrected chi connectivity index (χ1v) is 13.4. The average molecular weight is 508 g/mol. The molecule has 0 aliphatic carbocycles. The number of nitrogens with zero attached hydrogens (tertiary/aromatic N) is 4. The SMILES string of the molecule is O=C(c1ncn(-c2cccc(N3CCOCC3)c2)c1-c1ccccc1)N1CCNC[C@H]1Cc1ccccc1. The average Bonchev–Trinajstić information content (AvgIpc) is 3.44. The molecule has 0 saturated carbocycles. The van der Waals surface area contributed by atoms with Gasteiger partial charge in [-0.25, -0.2) is 4.98 Å². The summed E-state index contributed by atoms with van der Waals surface area (Å²) in [6, 6.07) is 29.0. The number of nitrogens with one attached hydrogen (secondary N) is 1. The number of carbonyl (C=O) groups is 1. The Labute approximate surface area is 223 Å². The highest BCUT2D eigenvalue weighted by Crippen LogP contribution is 2.30. The zero-order valence-corrected chi connectivity index (χ0v) is 21.5. The van der Waals surface area contributed by atoms with E-state index in [9.17, 15) is 4.79 Å². The van der Waals surface area contributed by atoms with Gasteiger partial charge in [0.15, 0.2) is 5.69 Å². The van der Waals surface area contributed by atoms with Crippen molar-refractivity contribution < 1.29 is 9.53 Å². The molecular weight excluding hydrogens is 474 g/mol. The van der Waals surface area contributed by atoms with Crippen LogP contribution in [-0.2, 0) is 11.2 Å². The van der Waals surface area contributed by atoms with Crippen molar-refractivity contribution in [3.05, 3.63) is 103 Å². The molecule has 1 aromatic heterocycles. The molecular formula is C31H33N5O2. The van der Waals surface area contributed by atoms with E-state index in [1.165, 1.54) is 5.56 Å². The Hall–Kier alpha value is -3.94. The van der Waals surface area contributed by atoms with E-state index < -0.39 is 0 Å². The lowest BCUT2D eigenvalue weighted by Crippen LogP contribution is -2.54. The van der Waals surface area contributed by atoms with Gasteiger partial charge in [0.2, 0.25) is 0 Å². The number of rotatable bonds is 6. The van der Waals surface area contributed by atoms with Crippen molar-refractivity contribution in [2.24, 2.45) is 0 Å². The van der Waals surface area contributed by atoms with Gasteiger partial charge in [-0.1, -0.05) is 66.7 Å². The normalized spacial score (nSPS) is 17.9. The largest absolute Gasteiger partial charge is 0.378 e. The molecule has 3 aromatic carbocycles. The lowest BCUT2D eigenvalue weighted by atomic mass is 10.0. The van der Waals surface area contributed by atoms with Gasteiger partial charge in [0.1, 0.15) is 6.33 Å². The van der Waals surface area contributed by atoms with E-state index in [2.05, 4.69) is 75.4 Å². The second-order valence-corrected chi connectivity index (χ2v) is 9.84. The Kier molecular flexibility index (Phi) is 7.20. The molecule has 7 heteroatoms. The van der Waals surface area contributed by atoms with Crippen LogP contribution in [0.2, 0.25) is 0 Å². The molecule has 0 unspecified atom stereocenters. The summed E-state index contributed by atoms with van der Waals surface area (Å²) in [4.78, 5) is 23.2. The van der Waals surface area contributed by atoms with Crippen LogP contribution in [0.25, 0.3) is 16.9 Å². The smallest absolute Gasteiger partial charge is 0.275 e. The minimum Gasteiger partial charge on any atom is -0.378 e. The van der Waals surface area contributed by atoms with Crippen molar-refractivity contribution in [2.45, 2.75) is 12.5 Å². The van der Waals surface area contributed by atoms with Gasteiger partial charge >= 0.3 is 0 Å². The van der Waals surface area contributed by atoms with Crippen LogP contribution < -0.4 is 10.2 Å². The molecule has 4 aromatic rings. The molecule has 7 nitrogen and oxygen atoms in total. The molecule has 2 fully saturated rings. The Bertz CT molecular complexity index is 1370. The maximum atomic E-state index is 14.2. The highest BCUT2D eigenvalue weighted by molar-refractivity contribution is 5.99. The third kappa shape index (κ3) is 5.08. The Morgan fingerprint density at radius 2 is 1.63 bits per heavy atom. The fraction of sp³-hybridized carbons (Fsp3) is 0.290. The second kappa shape index (κ2) is 11.2. The number of piperazine rings is 1. The maximum absolute atomic E-state index is 14.2. The van der Waals surface area contributed by atoms with E-state index >= 15 is 0 Å². The number of amides is 1. The summed E-state index contributed by atoms with van der Waals surface area (Å²) in [7, 11) is 0. The predicted molar refractivity (Wildman–Crippen MR) is 150 cm³/mol. The fourth-order valence-electron chi connectivity index (χ4n) is 5.47. The van der Waals surface area contributed by atoms with Crippen LogP contribution in [0, 0.1) is 0 Å². The van der Waals surface area contributed by atoms with Gasteiger partial charge in [0.05, 0.1) is 18.9 Å². The summed E-state index contributed by atoms with van der Waals surface area (Å²) in [6.07, 6.45) is 2.60. The third-order valence-corrected chi connectivity index (χ3v) is 7.43. The van der Waals surface area contributed by atoms with Gasteiger partial charge in [-0.15, -0.1) is 0 Å². The van der Waals surface area contributed by atoms with Crippen LogP contribution >= 0.6 is 0 Å². The number of imidazole rings is 1. The topological polar surface area (TPSA) is 62.6 Å². The Balaban J connectivity index is 1.37. The predicted octanol–water partition coefficient (Wildman–Crippen LogP) is 4.03. The van der Waals surface area contributed by atoms with Crippen LogP contribution in [0.1, 0.15) is 16.1 Å².